The van der Waals surface area contributed by atoms with Crippen molar-refractivity contribution in [3.63, 3.8) is 0 Å². The minimum atomic E-state index is -4.88. The van der Waals surface area contributed by atoms with E-state index in [4.69, 9.17) is 5.84 Å². The molecule has 1 saturated heterocycles. The topological polar surface area (TPSA) is 47.7 Å². The highest BCUT2D eigenvalue weighted by atomic mass is 19.4. The molecule has 0 spiro atoms. The number of halogens is 5. The summed E-state index contributed by atoms with van der Waals surface area (Å²) in [5.74, 6) is 5.44. The van der Waals surface area contributed by atoms with Gasteiger partial charge in [-0.05, 0) is 54.5 Å². The van der Waals surface area contributed by atoms with Gasteiger partial charge >= 0.3 is 13.0 Å². The number of hydrazine groups is 1. The average molecular weight is 416 g/mol. The molecule has 2 N–H and O–H groups in total. The molecule has 29 heavy (non-hydrogen) atoms. The fraction of sp³-hybridized carbons (Fsp3) is 0.400. The molecule has 2 aromatic carbocycles. The second-order valence-electron chi connectivity index (χ2n) is 6.90. The zero-order valence-electron chi connectivity index (χ0n) is 15.4. The number of ether oxygens (including phenoxy) is 2. The summed E-state index contributed by atoms with van der Waals surface area (Å²) in [7, 11) is 0. The van der Waals surface area contributed by atoms with E-state index in [-0.39, 0.29) is 29.7 Å². The van der Waals surface area contributed by atoms with Crippen molar-refractivity contribution in [2.75, 3.05) is 6.54 Å². The van der Waals surface area contributed by atoms with Gasteiger partial charge in [0.25, 0.3) is 0 Å². The van der Waals surface area contributed by atoms with Crippen LogP contribution in [0.15, 0.2) is 48.5 Å². The second-order valence-corrected chi connectivity index (χ2v) is 6.90. The third-order valence-electron chi connectivity index (χ3n) is 4.90. The summed E-state index contributed by atoms with van der Waals surface area (Å²) in [5, 5.41) is 1.69. The Morgan fingerprint density at radius 1 is 1.10 bits per heavy atom. The van der Waals surface area contributed by atoms with Crippen LogP contribution in [0.5, 0.6) is 11.5 Å². The van der Waals surface area contributed by atoms with Gasteiger partial charge in [-0.1, -0.05) is 30.3 Å². The highest BCUT2D eigenvalue weighted by Crippen LogP contribution is 2.39. The summed E-state index contributed by atoms with van der Waals surface area (Å²) >= 11 is 0. The van der Waals surface area contributed by atoms with Crippen LogP contribution in [0.1, 0.15) is 30.0 Å². The summed E-state index contributed by atoms with van der Waals surface area (Å²) < 4.78 is 71.8. The predicted molar refractivity (Wildman–Crippen MR) is 96.3 cm³/mol. The highest BCUT2D eigenvalue weighted by Gasteiger charge is 2.34. The van der Waals surface area contributed by atoms with Crippen molar-refractivity contribution < 1.29 is 31.4 Å². The van der Waals surface area contributed by atoms with Crippen molar-refractivity contribution in [3.8, 4) is 11.5 Å². The number of piperidine rings is 1. The summed E-state index contributed by atoms with van der Waals surface area (Å²) in [6.45, 7) is -2.43. The number of hydrogen-bond acceptors (Lipinski definition) is 4. The van der Waals surface area contributed by atoms with Crippen LogP contribution >= 0.6 is 0 Å². The molecule has 4 nitrogen and oxygen atoms in total. The first-order valence-electron chi connectivity index (χ1n) is 9.12. The largest absolute Gasteiger partial charge is 0.573 e. The van der Waals surface area contributed by atoms with Gasteiger partial charge in [-0.2, -0.15) is 8.78 Å². The Kier molecular flexibility index (Phi) is 6.59. The number of benzene rings is 2. The van der Waals surface area contributed by atoms with Gasteiger partial charge in [0.15, 0.2) is 0 Å². The van der Waals surface area contributed by atoms with E-state index in [1.165, 1.54) is 0 Å². The second kappa shape index (κ2) is 8.96. The molecule has 0 radical (unpaired) electrons. The maximum atomic E-state index is 12.8. The van der Waals surface area contributed by atoms with E-state index in [0.717, 1.165) is 36.6 Å². The lowest BCUT2D eigenvalue weighted by atomic mass is 9.81. The lowest BCUT2D eigenvalue weighted by Crippen LogP contribution is -2.44. The van der Waals surface area contributed by atoms with Crippen molar-refractivity contribution >= 4 is 0 Å². The standard InChI is InChI=1S/C20H21F5N2O2/c21-19(22)28-17-9-8-16(29-20(23,24)25)12-15(17)11-14-7-4-10-27(26)18(14)13-5-2-1-3-6-13/h1-3,5-6,8-9,12,14,18-19H,4,7,10-11,26H2. The van der Waals surface area contributed by atoms with E-state index < -0.39 is 18.7 Å². The molecule has 0 aromatic heterocycles. The maximum absolute atomic E-state index is 12.8. The highest BCUT2D eigenvalue weighted by molar-refractivity contribution is 5.41. The molecule has 0 amide bonds. The van der Waals surface area contributed by atoms with E-state index in [1.54, 1.807) is 5.01 Å². The lowest BCUT2D eigenvalue weighted by Gasteiger charge is -2.39. The predicted octanol–water partition coefficient (Wildman–Crippen LogP) is 5.06. The summed E-state index contributed by atoms with van der Waals surface area (Å²) in [6.07, 6.45) is -3.14. The number of nitrogens with two attached hydrogens (primary N) is 1. The van der Waals surface area contributed by atoms with Gasteiger partial charge in [0.2, 0.25) is 0 Å². The number of rotatable bonds is 6. The minimum Gasteiger partial charge on any atom is -0.435 e. The van der Waals surface area contributed by atoms with Crippen molar-refractivity contribution in [2.45, 2.75) is 38.3 Å². The average Bonchev–Trinajstić information content (AvgIpc) is 2.63. The van der Waals surface area contributed by atoms with E-state index in [0.29, 0.717) is 6.54 Å². The van der Waals surface area contributed by atoms with E-state index in [2.05, 4.69) is 9.47 Å². The zero-order chi connectivity index (χ0) is 21.0. The van der Waals surface area contributed by atoms with Crippen LogP contribution in [0, 0.1) is 5.92 Å². The Morgan fingerprint density at radius 3 is 2.48 bits per heavy atom. The molecule has 2 unspecified atom stereocenters. The van der Waals surface area contributed by atoms with Gasteiger partial charge in [-0.3, -0.25) is 5.84 Å². The Balaban J connectivity index is 1.91. The molecule has 2 atom stereocenters. The van der Waals surface area contributed by atoms with Gasteiger partial charge in [0.05, 0.1) is 6.04 Å². The van der Waals surface area contributed by atoms with Crippen LogP contribution in [0.4, 0.5) is 22.0 Å². The van der Waals surface area contributed by atoms with Gasteiger partial charge < -0.3 is 9.47 Å². The molecule has 2 aromatic rings. The third-order valence-corrected chi connectivity index (χ3v) is 4.90. The Bertz CT molecular complexity index is 801. The summed E-state index contributed by atoms with van der Waals surface area (Å²) in [5.41, 5.74) is 1.17. The van der Waals surface area contributed by atoms with Crippen LogP contribution in [0.25, 0.3) is 0 Å². The SMILES string of the molecule is NN1CCCC(Cc2cc(OC(F)(F)F)ccc2OC(F)F)C1c1ccccc1. The first-order chi connectivity index (χ1) is 13.7. The molecule has 0 saturated carbocycles. The first kappa shape index (κ1) is 21.3. The molecule has 158 valence electrons. The molecule has 1 aliphatic heterocycles. The molecule has 1 heterocycles. The van der Waals surface area contributed by atoms with Crippen molar-refractivity contribution in [2.24, 2.45) is 11.8 Å². The lowest BCUT2D eigenvalue weighted by molar-refractivity contribution is -0.274. The van der Waals surface area contributed by atoms with Gasteiger partial charge in [0.1, 0.15) is 11.5 Å². The van der Waals surface area contributed by atoms with E-state index in [9.17, 15) is 22.0 Å². The third kappa shape index (κ3) is 5.80. The molecule has 0 bridgehead atoms. The smallest absolute Gasteiger partial charge is 0.435 e. The molecule has 3 rings (SSSR count). The number of alkyl halides is 5. The van der Waals surface area contributed by atoms with Crippen LogP contribution in [0.2, 0.25) is 0 Å². The molecule has 0 aliphatic carbocycles. The van der Waals surface area contributed by atoms with Gasteiger partial charge in [-0.25, -0.2) is 5.01 Å². The Morgan fingerprint density at radius 2 is 1.83 bits per heavy atom. The van der Waals surface area contributed by atoms with Crippen LogP contribution < -0.4 is 15.3 Å². The van der Waals surface area contributed by atoms with Gasteiger partial charge in [-0.15, -0.1) is 13.2 Å². The minimum absolute atomic E-state index is 0.0997. The van der Waals surface area contributed by atoms with Gasteiger partial charge in [0, 0.05) is 6.54 Å². The molecule has 1 aliphatic rings. The molecular weight excluding hydrogens is 395 g/mol. The fourth-order valence-corrected chi connectivity index (χ4v) is 3.84. The molecule has 9 heteroatoms. The molecular formula is C20H21F5N2O2. The molecule has 1 fully saturated rings. The number of hydrogen-bond donors (Lipinski definition) is 1. The summed E-state index contributed by atoms with van der Waals surface area (Å²) in [6, 6.07) is 12.4. The van der Waals surface area contributed by atoms with Crippen LogP contribution in [0.3, 0.4) is 0 Å². The maximum Gasteiger partial charge on any atom is 0.573 e. The van der Waals surface area contributed by atoms with Crippen LogP contribution in [-0.4, -0.2) is 24.5 Å². The van der Waals surface area contributed by atoms with Crippen molar-refractivity contribution in [3.05, 3.63) is 59.7 Å². The number of nitrogens with zero attached hydrogens (tertiary/aromatic N) is 1. The first-order valence-corrected chi connectivity index (χ1v) is 9.12. The van der Waals surface area contributed by atoms with Crippen LogP contribution in [-0.2, 0) is 6.42 Å². The normalized spacial score (nSPS) is 20.7. The fourth-order valence-electron chi connectivity index (χ4n) is 3.84. The van der Waals surface area contributed by atoms with Crippen molar-refractivity contribution in [1.82, 2.24) is 5.01 Å². The Labute approximate surface area is 165 Å². The Hall–Kier alpha value is -2.39. The quantitative estimate of drug-likeness (QED) is 0.529. The zero-order valence-corrected chi connectivity index (χ0v) is 15.4. The van der Waals surface area contributed by atoms with E-state index >= 15 is 0 Å². The van der Waals surface area contributed by atoms with Crippen molar-refractivity contribution in [1.29, 1.82) is 0 Å². The summed E-state index contributed by atoms with van der Waals surface area (Å²) in [4.78, 5) is 0. The monoisotopic (exact) mass is 416 g/mol. The van der Waals surface area contributed by atoms with E-state index in [1.807, 2.05) is 30.3 Å².